The Morgan fingerprint density at radius 3 is 2.59 bits per heavy atom. The maximum Gasteiger partial charge on any atom is 0.408 e. The number of thiol groups is 1. The normalized spacial score (nSPS) is 15.3. The molecule has 2 N–H and O–H groups in total. The molecule has 2 aromatic rings. The van der Waals surface area contributed by atoms with E-state index in [1.165, 1.54) is 0 Å². The molecule has 0 bridgehead atoms. The molecule has 1 saturated carbocycles. The Kier molecular flexibility index (Phi) is 5.23. The fourth-order valence-corrected chi connectivity index (χ4v) is 2.93. The van der Waals surface area contributed by atoms with Gasteiger partial charge in [-0.15, -0.1) is 12.6 Å². The summed E-state index contributed by atoms with van der Waals surface area (Å²) < 4.78 is 39.4. The molecule has 0 spiro atoms. The highest BCUT2D eigenvalue weighted by molar-refractivity contribution is 7.80. The summed E-state index contributed by atoms with van der Waals surface area (Å²) in [6.07, 6.45) is -2.17. The maximum absolute atomic E-state index is 13.1. The lowest BCUT2D eigenvalue weighted by atomic mass is 10.1. The van der Waals surface area contributed by atoms with Crippen molar-refractivity contribution in [3.05, 3.63) is 41.7 Å². The molecular formula is C18H17F3N4OS. The third-order valence-electron chi connectivity index (χ3n) is 4.31. The van der Waals surface area contributed by atoms with E-state index in [1.807, 2.05) is 5.32 Å². The molecule has 0 aromatic carbocycles. The van der Waals surface area contributed by atoms with Crippen LogP contribution in [0.15, 0.2) is 35.4 Å². The second-order valence-corrected chi connectivity index (χ2v) is 6.89. The third-order valence-corrected chi connectivity index (χ3v) is 4.87. The molecule has 0 radical (unpaired) electrons. The molecule has 1 amide bonds. The fraction of sp³-hybridized carbons (Fsp3) is 0.333. The summed E-state index contributed by atoms with van der Waals surface area (Å²) in [6.45, 7) is 1.72. The topological polar surface area (TPSA) is 78.7 Å². The van der Waals surface area contributed by atoms with Gasteiger partial charge in [0.05, 0.1) is 11.4 Å². The number of hydrogen-bond donors (Lipinski definition) is 3. The monoisotopic (exact) mass is 394 g/mol. The summed E-state index contributed by atoms with van der Waals surface area (Å²) in [5, 5.41) is 10.0. The van der Waals surface area contributed by atoms with Gasteiger partial charge >= 0.3 is 6.18 Å². The van der Waals surface area contributed by atoms with Crippen molar-refractivity contribution in [2.75, 3.05) is 0 Å². The average molecular weight is 394 g/mol. The molecule has 27 heavy (non-hydrogen) atoms. The Bertz CT molecular complexity index is 882. The second-order valence-electron chi connectivity index (χ2n) is 6.44. The van der Waals surface area contributed by atoms with E-state index < -0.39 is 29.8 Å². The summed E-state index contributed by atoms with van der Waals surface area (Å²) in [5.41, 5.74) is 0.836. The van der Waals surface area contributed by atoms with Crippen LogP contribution in [0.1, 0.15) is 24.1 Å². The quantitative estimate of drug-likeness (QED) is 0.536. The highest BCUT2D eigenvalue weighted by Crippen LogP contribution is 2.40. The zero-order valence-electron chi connectivity index (χ0n) is 14.3. The van der Waals surface area contributed by atoms with E-state index >= 15 is 0 Å². The maximum atomic E-state index is 13.1. The molecule has 9 heteroatoms. The van der Waals surface area contributed by atoms with Gasteiger partial charge in [0.1, 0.15) is 17.4 Å². The number of nitrogens with zero attached hydrogens (tertiary/aromatic N) is 2. The van der Waals surface area contributed by atoms with E-state index in [2.05, 4.69) is 22.6 Å². The summed E-state index contributed by atoms with van der Waals surface area (Å²) in [6, 6.07) is 4.95. The predicted octanol–water partition coefficient (Wildman–Crippen LogP) is 3.57. The van der Waals surface area contributed by atoms with Crippen molar-refractivity contribution < 1.29 is 18.0 Å². The smallest absolute Gasteiger partial charge is 0.339 e. The number of aromatic nitrogens is 2. The highest BCUT2D eigenvalue weighted by Gasteiger charge is 2.50. The number of hydrogen-bond acceptors (Lipinski definition) is 5. The van der Waals surface area contributed by atoms with E-state index in [0.717, 1.165) is 0 Å². The van der Waals surface area contributed by atoms with Crippen molar-refractivity contribution in [3.63, 3.8) is 0 Å². The van der Waals surface area contributed by atoms with Crippen LogP contribution in [-0.2, 0) is 4.79 Å². The van der Waals surface area contributed by atoms with Crippen molar-refractivity contribution in [1.29, 1.82) is 5.41 Å². The fourth-order valence-electron chi connectivity index (χ4n) is 2.70. The number of nitrogens with one attached hydrogen (secondary N) is 2. The van der Waals surface area contributed by atoms with Crippen LogP contribution in [0.3, 0.4) is 0 Å². The van der Waals surface area contributed by atoms with E-state index in [1.54, 1.807) is 37.4 Å². The minimum atomic E-state index is -4.56. The lowest BCUT2D eigenvalue weighted by molar-refractivity contribution is -0.164. The molecule has 1 fully saturated rings. The Morgan fingerprint density at radius 2 is 2.04 bits per heavy atom. The Balaban J connectivity index is 1.89. The van der Waals surface area contributed by atoms with Crippen molar-refractivity contribution in [2.45, 2.75) is 36.9 Å². The van der Waals surface area contributed by atoms with Gasteiger partial charge in [0.15, 0.2) is 0 Å². The summed E-state index contributed by atoms with van der Waals surface area (Å²) >= 11 is 4.28. The first kappa shape index (κ1) is 19.3. The van der Waals surface area contributed by atoms with Gasteiger partial charge in [-0.05, 0) is 49.4 Å². The molecule has 0 aliphatic heterocycles. The van der Waals surface area contributed by atoms with Gasteiger partial charge in [0, 0.05) is 11.1 Å². The lowest BCUT2D eigenvalue weighted by Crippen LogP contribution is -2.49. The number of halogens is 3. The van der Waals surface area contributed by atoms with Crippen LogP contribution in [-0.4, -0.2) is 33.8 Å². The van der Waals surface area contributed by atoms with Crippen molar-refractivity contribution in [2.24, 2.45) is 5.92 Å². The first-order valence-corrected chi connectivity index (χ1v) is 8.71. The Labute approximate surface area is 159 Å². The number of carbonyl (C=O) groups excluding carboxylic acids is 1. The van der Waals surface area contributed by atoms with E-state index in [0.29, 0.717) is 29.8 Å². The standard InChI is InChI=1S/C18H17F3N4OS/c1-9-8-12(11-4-2-3-7-23-11)24-14(15(9)27)13(22)17(26)25-16(10-5-6-10)18(19,20)21/h2-4,7-8,10,16,22,27H,5-6H2,1H3,(H,25,26). The van der Waals surface area contributed by atoms with Crippen LogP contribution in [0.5, 0.6) is 0 Å². The lowest BCUT2D eigenvalue weighted by Gasteiger charge is -2.21. The van der Waals surface area contributed by atoms with Gasteiger partial charge < -0.3 is 5.32 Å². The number of rotatable bonds is 5. The molecule has 2 heterocycles. The zero-order valence-corrected chi connectivity index (χ0v) is 15.2. The minimum Gasteiger partial charge on any atom is -0.339 e. The third kappa shape index (κ3) is 4.29. The number of alkyl halides is 3. The zero-order chi connectivity index (χ0) is 19.8. The van der Waals surface area contributed by atoms with Crippen LogP contribution >= 0.6 is 12.6 Å². The second kappa shape index (κ2) is 7.30. The summed E-state index contributed by atoms with van der Waals surface area (Å²) in [4.78, 5) is 21.0. The van der Waals surface area contributed by atoms with Gasteiger partial charge in [-0.3, -0.25) is 15.2 Å². The SMILES string of the molecule is Cc1cc(-c2ccccn2)nc(C(=N)C(=O)NC(C2CC2)C(F)(F)F)c1S. The number of amides is 1. The predicted molar refractivity (Wildman–Crippen MR) is 97.0 cm³/mol. The Hall–Kier alpha value is -2.42. The van der Waals surface area contributed by atoms with Crippen LogP contribution in [0, 0.1) is 18.3 Å². The molecule has 1 atom stereocenters. The van der Waals surface area contributed by atoms with Crippen molar-refractivity contribution in [1.82, 2.24) is 15.3 Å². The van der Waals surface area contributed by atoms with Crippen LogP contribution < -0.4 is 5.32 Å². The molecule has 3 rings (SSSR count). The highest BCUT2D eigenvalue weighted by atomic mass is 32.1. The van der Waals surface area contributed by atoms with E-state index in [4.69, 9.17) is 5.41 Å². The van der Waals surface area contributed by atoms with Crippen molar-refractivity contribution in [3.8, 4) is 11.4 Å². The van der Waals surface area contributed by atoms with E-state index in [-0.39, 0.29) is 10.6 Å². The molecule has 5 nitrogen and oxygen atoms in total. The average Bonchev–Trinajstić information content (AvgIpc) is 3.45. The summed E-state index contributed by atoms with van der Waals surface area (Å²) in [5.74, 6) is -1.75. The van der Waals surface area contributed by atoms with Gasteiger partial charge in [0.2, 0.25) is 0 Å². The van der Waals surface area contributed by atoms with Crippen LogP contribution in [0.2, 0.25) is 0 Å². The number of aryl methyl sites for hydroxylation is 1. The molecule has 1 aliphatic rings. The molecule has 1 aliphatic carbocycles. The largest absolute Gasteiger partial charge is 0.408 e. The number of carbonyl (C=O) groups is 1. The van der Waals surface area contributed by atoms with Gasteiger partial charge in [-0.1, -0.05) is 6.07 Å². The van der Waals surface area contributed by atoms with Gasteiger partial charge in [-0.2, -0.15) is 13.2 Å². The molecule has 1 unspecified atom stereocenters. The molecule has 2 aromatic heterocycles. The number of pyridine rings is 2. The van der Waals surface area contributed by atoms with Crippen LogP contribution in [0.25, 0.3) is 11.4 Å². The van der Waals surface area contributed by atoms with Gasteiger partial charge in [0.25, 0.3) is 5.91 Å². The molecule has 142 valence electrons. The van der Waals surface area contributed by atoms with Crippen LogP contribution in [0.4, 0.5) is 13.2 Å². The molecule has 0 saturated heterocycles. The Morgan fingerprint density at radius 1 is 1.33 bits per heavy atom. The first-order valence-electron chi connectivity index (χ1n) is 8.27. The van der Waals surface area contributed by atoms with Crippen molar-refractivity contribution >= 4 is 24.2 Å². The van der Waals surface area contributed by atoms with Gasteiger partial charge in [-0.25, -0.2) is 4.98 Å². The van der Waals surface area contributed by atoms with E-state index in [9.17, 15) is 18.0 Å². The summed E-state index contributed by atoms with van der Waals surface area (Å²) in [7, 11) is 0. The molecular weight excluding hydrogens is 377 g/mol. The first-order chi connectivity index (χ1) is 12.7. The minimum absolute atomic E-state index is 0.0757.